The van der Waals surface area contributed by atoms with Gasteiger partial charge in [-0.1, -0.05) is 0 Å². The van der Waals surface area contributed by atoms with Gasteiger partial charge in [0.25, 0.3) is 0 Å². The summed E-state index contributed by atoms with van der Waals surface area (Å²) in [6.07, 6.45) is 1.03. The van der Waals surface area contributed by atoms with E-state index < -0.39 is 0 Å². The van der Waals surface area contributed by atoms with Gasteiger partial charge < -0.3 is 26.3 Å². The highest BCUT2D eigenvalue weighted by molar-refractivity contribution is 4.30. The first-order valence-corrected chi connectivity index (χ1v) is 3.18. The van der Waals surface area contributed by atoms with Crippen LogP contribution in [0.4, 0.5) is 0 Å². The summed E-state index contributed by atoms with van der Waals surface area (Å²) in [5, 5.41) is 0. The smallest absolute Gasteiger partial charge is 0.0803 e. The molecular weight excluding hydrogens is 196 g/mol. The van der Waals surface area contributed by atoms with E-state index >= 15 is 0 Å². The minimum Gasteiger partial charge on any atom is -1.00 e. The Morgan fingerprint density at radius 3 is 2.10 bits per heavy atom. The summed E-state index contributed by atoms with van der Waals surface area (Å²) < 4.78 is 0.976. The topological polar surface area (TPSA) is 35.2 Å². The first kappa shape index (κ1) is 13.0. The highest BCUT2D eigenvalue weighted by Crippen LogP contribution is 1.91. The van der Waals surface area contributed by atoms with Gasteiger partial charge in [-0.15, -0.1) is 0 Å². The van der Waals surface area contributed by atoms with Crippen molar-refractivity contribution in [1.82, 2.24) is 0 Å². The van der Waals surface area contributed by atoms with Crippen LogP contribution in [0, 0.1) is 0 Å². The van der Waals surface area contributed by atoms with E-state index in [0.29, 0.717) is 6.61 Å². The molecule has 64 valence electrons. The predicted molar refractivity (Wildman–Crippen MR) is 37.7 cm³/mol. The Hall–Kier alpha value is 0.360. The van der Waals surface area contributed by atoms with E-state index in [1.165, 1.54) is 0 Å². The van der Waals surface area contributed by atoms with E-state index in [1.54, 1.807) is 0 Å². The van der Waals surface area contributed by atoms with Gasteiger partial charge >= 0.3 is 0 Å². The molecule has 2 N–H and O–H groups in total. The summed E-state index contributed by atoms with van der Waals surface area (Å²) in [7, 11) is 6.45. The second-order valence-electron chi connectivity index (χ2n) is 3.24. The molecule has 0 heterocycles. The molecule has 0 saturated heterocycles. The summed E-state index contributed by atoms with van der Waals surface area (Å²) >= 11 is 0. The monoisotopic (exact) mass is 212 g/mol. The highest BCUT2D eigenvalue weighted by Gasteiger charge is 2.04. The minimum atomic E-state index is 0. The molecule has 0 unspecified atom stereocenters. The lowest BCUT2D eigenvalue weighted by atomic mass is 10.4. The normalized spacial score (nSPS) is 10.8. The van der Waals surface area contributed by atoms with E-state index in [0.717, 1.165) is 17.4 Å². The molecule has 0 aromatic heterocycles. The number of nitrogens with two attached hydrogens (primary N) is 1. The fraction of sp³-hybridized carbons (Fsp3) is 1.00. The fourth-order valence-electron chi connectivity index (χ4n) is 0.622. The second kappa shape index (κ2) is 6.09. The maximum Gasteiger partial charge on any atom is 0.0803 e. The van der Waals surface area contributed by atoms with Gasteiger partial charge in [0.1, 0.15) is 0 Å². The number of halogens is 1. The summed E-state index contributed by atoms with van der Waals surface area (Å²) in [5.74, 6) is 4.85. The van der Waals surface area contributed by atoms with Gasteiger partial charge in [0.15, 0.2) is 0 Å². The number of nitrogens with zero attached hydrogens (tertiary/aromatic N) is 1. The largest absolute Gasteiger partial charge is 1.00 e. The van der Waals surface area contributed by atoms with Crippen LogP contribution in [0.2, 0.25) is 0 Å². The molecule has 10 heavy (non-hydrogen) atoms. The van der Waals surface area contributed by atoms with Gasteiger partial charge in [0, 0.05) is 6.42 Å². The van der Waals surface area contributed by atoms with Gasteiger partial charge in [-0.05, 0) is 0 Å². The van der Waals surface area contributed by atoms with Crippen LogP contribution in [-0.2, 0) is 4.84 Å². The van der Waals surface area contributed by atoms with E-state index in [-0.39, 0.29) is 17.0 Å². The van der Waals surface area contributed by atoms with Crippen molar-refractivity contribution in [3.8, 4) is 0 Å². The van der Waals surface area contributed by atoms with Crippen LogP contribution in [0.5, 0.6) is 0 Å². The maximum absolute atomic E-state index is 4.85. The molecule has 0 saturated carbocycles. The lowest BCUT2D eigenvalue weighted by Crippen LogP contribution is -3.00. The number of hydrogen-bond acceptors (Lipinski definition) is 2. The molecule has 0 aliphatic rings. The van der Waals surface area contributed by atoms with Crippen LogP contribution in [0.1, 0.15) is 6.42 Å². The molecule has 0 bridgehead atoms. The van der Waals surface area contributed by atoms with Crippen LogP contribution >= 0.6 is 0 Å². The molecule has 0 rings (SSSR count). The fourth-order valence-corrected chi connectivity index (χ4v) is 0.622. The van der Waals surface area contributed by atoms with E-state index in [4.69, 9.17) is 5.90 Å². The molecule has 0 atom stereocenters. The third-order valence-electron chi connectivity index (χ3n) is 1.09. The molecule has 0 aliphatic heterocycles. The zero-order chi connectivity index (χ0) is 7.33. The molecule has 3 nitrogen and oxygen atoms in total. The summed E-state index contributed by atoms with van der Waals surface area (Å²) in [4.78, 5) is 4.43. The van der Waals surface area contributed by atoms with Crippen molar-refractivity contribution in [1.29, 1.82) is 0 Å². The molecule has 0 aromatic rings. The lowest BCUT2D eigenvalue weighted by Gasteiger charge is -2.23. The second-order valence-corrected chi connectivity index (χ2v) is 3.24. The Morgan fingerprint density at radius 2 is 1.80 bits per heavy atom. The maximum atomic E-state index is 4.85. The van der Waals surface area contributed by atoms with Gasteiger partial charge in [-0.3, -0.25) is 0 Å². The van der Waals surface area contributed by atoms with Crippen molar-refractivity contribution in [2.75, 3.05) is 34.3 Å². The average molecular weight is 213 g/mol. The Kier molecular flexibility index (Phi) is 7.92. The number of rotatable bonds is 4. The highest BCUT2D eigenvalue weighted by atomic mass is 79.9. The third kappa shape index (κ3) is 11.2. The SMILES string of the molecule is C[N+](C)(C)CCCON.[Br-]. The summed E-state index contributed by atoms with van der Waals surface area (Å²) in [6, 6.07) is 0. The van der Waals surface area contributed by atoms with E-state index in [1.807, 2.05) is 0 Å². The Morgan fingerprint density at radius 1 is 1.30 bits per heavy atom. The van der Waals surface area contributed by atoms with Crippen LogP contribution in [-0.4, -0.2) is 38.8 Å². The molecule has 0 radical (unpaired) electrons. The third-order valence-corrected chi connectivity index (χ3v) is 1.09. The minimum absolute atomic E-state index is 0. The molecular formula is C6H17BrN2O. The van der Waals surface area contributed by atoms with Crippen LogP contribution in [0.15, 0.2) is 0 Å². The zero-order valence-corrected chi connectivity index (χ0v) is 8.52. The van der Waals surface area contributed by atoms with Gasteiger partial charge in [0.2, 0.25) is 0 Å². The first-order valence-electron chi connectivity index (χ1n) is 3.18. The predicted octanol–water partition coefficient (Wildman–Crippen LogP) is -3.02. The van der Waals surface area contributed by atoms with Crippen LogP contribution < -0.4 is 22.9 Å². The van der Waals surface area contributed by atoms with Crippen LogP contribution in [0.3, 0.4) is 0 Å². The van der Waals surface area contributed by atoms with Gasteiger partial charge in [-0.2, -0.15) is 0 Å². The van der Waals surface area contributed by atoms with Crippen molar-refractivity contribution in [3.05, 3.63) is 0 Å². The van der Waals surface area contributed by atoms with Gasteiger partial charge in [0.05, 0.1) is 34.3 Å². The number of quaternary nitrogens is 1. The Balaban J connectivity index is 0. The van der Waals surface area contributed by atoms with Crippen LogP contribution in [0.25, 0.3) is 0 Å². The standard InChI is InChI=1S/C6H17N2O.BrH/c1-8(2,3)5-4-6-9-7;/h4-7H2,1-3H3;1H/q+1;/p-1. The molecule has 0 aliphatic carbocycles. The Bertz CT molecular complexity index is 72.6. The zero-order valence-electron chi connectivity index (χ0n) is 6.93. The Labute approximate surface area is 73.5 Å². The molecule has 0 amide bonds. The van der Waals surface area contributed by atoms with Crippen molar-refractivity contribution in [2.45, 2.75) is 6.42 Å². The molecule has 0 spiro atoms. The summed E-state index contributed by atoms with van der Waals surface area (Å²) in [6.45, 7) is 1.77. The number of hydrogen-bond donors (Lipinski definition) is 1. The van der Waals surface area contributed by atoms with Crippen molar-refractivity contribution >= 4 is 0 Å². The lowest BCUT2D eigenvalue weighted by molar-refractivity contribution is -0.870. The molecule has 0 fully saturated rings. The van der Waals surface area contributed by atoms with E-state index in [2.05, 4.69) is 26.0 Å². The first-order chi connectivity index (χ1) is 4.06. The molecule has 4 heteroatoms. The van der Waals surface area contributed by atoms with Crippen molar-refractivity contribution in [3.63, 3.8) is 0 Å². The van der Waals surface area contributed by atoms with Gasteiger partial charge in [-0.25, -0.2) is 5.90 Å². The van der Waals surface area contributed by atoms with Crippen molar-refractivity contribution in [2.24, 2.45) is 5.90 Å². The summed E-state index contributed by atoms with van der Waals surface area (Å²) in [5.41, 5.74) is 0. The van der Waals surface area contributed by atoms with Crippen molar-refractivity contribution < 1.29 is 26.3 Å². The van der Waals surface area contributed by atoms with E-state index in [9.17, 15) is 0 Å². The average Bonchev–Trinajstić information content (AvgIpc) is 1.63. The molecule has 0 aromatic carbocycles. The quantitative estimate of drug-likeness (QED) is 0.306.